The van der Waals surface area contributed by atoms with E-state index in [1.165, 1.54) is 12.6 Å². The number of hydrogen-bond acceptors (Lipinski definition) is 5. The molecule has 4 aliphatic rings. The lowest BCUT2D eigenvalue weighted by Gasteiger charge is -2.61. The number of nitro groups is 1. The number of rotatable bonds is 7. The van der Waals surface area contributed by atoms with Gasteiger partial charge in [0.1, 0.15) is 17.4 Å². The molecule has 4 saturated carbocycles. The second-order valence-corrected chi connectivity index (χ2v) is 11.2. The molecule has 2 unspecified atom stereocenters. The van der Waals surface area contributed by atoms with Crippen LogP contribution in [-0.4, -0.2) is 30.4 Å². The van der Waals surface area contributed by atoms with Crippen LogP contribution < -0.4 is 5.32 Å². The summed E-state index contributed by atoms with van der Waals surface area (Å²) in [6.07, 6.45) is 11.0. The average Bonchev–Trinajstić information content (AvgIpc) is 3.41. The van der Waals surface area contributed by atoms with Crippen molar-refractivity contribution in [1.82, 2.24) is 19.6 Å². The van der Waals surface area contributed by atoms with Gasteiger partial charge in [0, 0.05) is 12.6 Å². The Morgan fingerprint density at radius 3 is 2.60 bits per heavy atom. The number of amides is 1. The topological polar surface area (TPSA) is 108 Å². The zero-order chi connectivity index (χ0) is 24.2. The fourth-order valence-electron chi connectivity index (χ4n) is 7.39. The minimum absolute atomic E-state index is 0.0215. The van der Waals surface area contributed by atoms with Gasteiger partial charge in [0.2, 0.25) is 5.91 Å². The van der Waals surface area contributed by atoms with Crippen LogP contribution in [0.4, 0.5) is 11.5 Å². The minimum atomic E-state index is -0.395. The lowest BCUT2D eigenvalue weighted by Crippen LogP contribution is -2.57. The molecule has 0 aliphatic heterocycles. The molecule has 9 nitrogen and oxygen atoms in total. The van der Waals surface area contributed by atoms with Crippen molar-refractivity contribution in [3.63, 3.8) is 0 Å². The van der Waals surface area contributed by atoms with Crippen molar-refractivity contribution in [3.8, 4) is 0 Å². The molecule has 10 heteroatoms. The van der Waals surface area contributed by atoms with Crippen molar-refractivity contribution in [2.45, 2.75) is 57.0 Å². The van der Waals surface area contributed by atoms with E-state index in [0.717, 1.165) is 37.7 Å². The number of hydrogen-bond donors (Lipinski definition) is 1. The maximum Gasteiger partial charge on any atom is 0.307 e. The number of carbonyl (C=O) groups excluding carboxylic acids is 1. The van der Waals surface area contributed by atoms with E-state index in [4.69, 9.17) is 11.6 Å². The van der Waals surface area contributed by atoms with Crippen LogP contribution in [0.25, 0.3) is 0 Å². The van der Waals surface area contributed by atoms with E-state index in [-0.39, 0.29) is 22.5 Å². The summed E-state index contributed by atoms with van der Waals surface area (Å²) >= 11 is 6.40. The number of carbonyl (C=O) groups is 1. The fourth-order valence-corrected chi connectivity index (χ4v) is 7.59. The van der Waals surface area contributed by atoms with Gasteiger partial charge >= 0.3 is 5.69 Å². The van der Waals surface area contributed by atoms with E-state index in [9.17, 15) is 14.9 Å². The van der Waals surface area contributed by atoms with Crippen LogP contribution in [0, 0.1) is 27.4 Å². The number of halogens is 1. The zero-order valence-corrected chi connectivity index (χ0v) is 20.0. The van der Waals surface area contributed by atoms with Gasteiger partial charge in [-0.2, -0.15) is 10.2 Å². The standard InChI is InChI=1S/C25H27ClN6O3/c26-21-15-30(13-17-4-2-1-3-5-17)29-23(21)28-22(33)11-24-7-18-6-19(8-24)10-25(9-18,16-24)31-14-20(12-27-31)32(34)35/h1-5,12,14-15,18-19H,6-11,13,16H2,(H,28,29,33). The SMILES string of the molecule is O=C(CC12CC3CC(C1)CC(n1cc([N+](=O)[O-])cn1)(C3)C2)Nc1nn(Cc2ccccc2)cc1Cl. The maximum absolute atomic E-state index is 13.2. The van der Waals surface area contributed by atoms with Crippen LogP contribution >= 0.6 is 11.6 Å². The second-order valence-electron chi connectivity index (χ2n) is 10.8. The molecule has 4 fully saturated rings. The first-order valence-corrected chi connectivity index (χ1v) is 12.5. The predicted molar refractivity (Wildman–Crippen MR) is 130 cm³/mol. The molecule has 1 aromatic carbocycles. The monoisotopic (exact) mass is 494 g/mol. The summed E-state index contributed by atoms with van der Waals surface area (Å²) in [4.78, 5) is 24.1. The maximum atomic E-state index is 13.2. The smallest absolute Gasteiger partial charge is 0.307 e. The molecule has 35 heavy (non-hydrogen) atoms. The van der Waals surface area contributed by atoms with Crippen LogP contribution in [0.1, 0.15) is 50.5 Å². The summed E-state index contributed by atoms with van der Waals surface area (Å²) < 4.78 is 3.56. The number of aromatic nitrogens is 4. The molecule has 2 heterocycles. The third kappa shape index (κ3) is 4.11. The van der Waals surface area contributed by atoms with Crippen LogP contribution in [0.15, 0.2) is 48.9 Å². The molecule has 0 spiro atoms. The molecule has 7 rings (SSSR count). The number of nitrogens with zero attached hydrogens (tertiary/aromatic N) is 5. The molecule has 1 amide bonds. The van der Waals surface area contributed by atoms with Crippen molar-refractivity contribution in [2.24, 2.45) is 17.3 Å². The normalized spacial score (nSPS) is 28.8. The lowest BCUT2D eigenvalue weighted by atomic mass is 9.46. The lowest BCUT2D eigenvalue weighted by molar-refractivity contribution is -0.385. The van der Waals surface area contributed by atoms with Gasteiger partial charge in [-0.05, 0) is 61.3 Å². The highest BCUT2D eigenvalue weighted by molar-refractivity contribution is 6.33. The zero-order valence-electron chi connectivity index (χ0n) is 19.3. The molecule has 0 radical (unpaired) electrons. The first kappa shape index (κ1) is 22.3. The van der Waals surface area contributed by atoms with Crippen molar-refractivity contribution in [3.05, 3.63) is 69.6 Å². The largest absolute Gasteiger partial charge is 0.308 e. The van der Waals surface area contributed by atoms with Crippen molar-refractivity contribution >= 4 is 29.0 Å². The molecule has 4 aliphatic carbocycles. The molecule has 0 saturated heterocycles. The van der Waals surface area contributed by atoms with Crippen LogP contribution in [0.5, 0.6) is 0 Å². The summed E-state index contributed by atoms with van der Waals surface area (Å²) in [7, 11) is 0. The van der Waals surface area contributed by atoms with Crippen molar-refractivity contribution < 1.29 is 9.72 Å². The first-order valence-electron chi connectivity index (χ1n) is 12.1. The molecule has 2 atom stereocenters. The third-order valence-electron chi connectivity index (χ3n) is 8.11. The Labute approximate surface area is 207 Å². The highest BCUT2D eigenvalue weighted by atomic mass is 35.5. The second kappa shape index (κ2) is 8.19. The minimum Gasteiger partial charge on any atom is -0.308 e. The van der Waals surface area contributed by atoms with E-state index < -0.39 is 4.92 Å². The summed E-state index contributed by atoms with van der Waals surface area (Å²) in [5.74, 6) is 1.33. The quantitative estimate of drug-likeness (QED) is 0.366. The van der Waals surface area contributed by atoms with Gasteiger partial charge in [0.05, 0.1) is 17.0 Å². The summed E-state index contributed by atoms with van der Waals surface area (Å²) in [5, 5.41) is 23.5. The van der Waals surface area contributed by atoms with Crippen LogP contribution in [0.3, 0.4) is 0 Å². The van der Waals surface area contributed by atoms with Gasteiger partial charge in [-0.15, -0.1) is 0 Å². The van der Waals surface area contributed by atoms with E-state index in [2.05, 4.69) is 15.5 Å². The fraction of sp³-hybridized carbons (Fsp3) is 0.480. The average molecular weight is 495 g/mol. The Morgan fingerprint density at radius 1 is 1.17 bits per heavy atom. The molecule has 182 valence electrons. The Kier molecular flexibility index (Phi) is 5.21. The Morgan fingerprint density at radius 2 is 1.91 bits per heavy atom. The number of anilines is 1. The molecular weight excluding hydrogens is 468 g/mol. The van der Waals surface area contributed by atoms with Gasteiger partial charge in [-0.1, -0.05) is 41.9 Å². The molecular formula is C25H27ClN6O3. The Balaban J connectivity index is 1.18. The van der Waals surface area contributed by atoms with Gasteiger partial charge < -0.3 is 5.32 Å². The molecule has 1 N–H and O–H groups in total. The van der Waals surface area contributed by atoms with Gasteiger partial charge in [-0.3, -0.25) is 24.3 Å². The first-order chi connectivity index (χ1) is 16.8. The van der Waals surface area contributed by atoms with Crippen molar-refractivity contribution in [1.29, 1.82) is 0 Å². The number of nitrogens with one attached hydrogen (secondary N) is 1. The Bertz CT molecular complexity index is 1270. The van der Waals surface area contributed by atoms with Crippen LogP contribution in [0.2, 0.25) is 5.02 Å². The third-order valence-corrected chi connectivity index (χ3v) is 8.39. The molecule has 3 aromatic rings. The highest BCUT2D eigenvalue weighted by Gasteiger charge is 2.59. The van der Waals surface area contributed by atoms with E-state index in [0.29, 0.717) is 35.6 Å². The van der Waals surface area contributed by atoms with E-state index >= 15 is 0 Å². The number of benzene rings is 1. The van der Waals surface area contributed by atoms with E-state index in [1.54, 1.807) is 17.1 Å². The Hall–Kier alpha value is -3.20. The molecule has 4 bridgehead atoms. The molecule has 2 aromatic heterocycles. The summed E-state index contributed by atoms with van der Waals surface area (Å²) in [5.41, 5.74) is 0.747. The summed E-state index contributed by atoms with van der Waals surface area (Å²) in [6, 6.07) is 9.95. The van der Waals surface area contributed by atoms with Crippen LogP contribution in [-0.2, 0) is 16.9 Å². The van der Waals surface area contributed by atoms with E-state index in [1.807, 2.05) is 35.0 Å². The van der Waals surface area contributed by atoms with Gasteiger partial charge in [0.15, 0.2) is 5.82 Å². The van der Waals surface area contributed by atoms with Gasteiger partial charge in [-0.25, -0.2) is 0 Å². The van der Waals surface area contributed by atoms with Gasteiger partial charge in [0.25, 0.3) is 0 Å². The van der Waals surface area contributed by atoms with Crippen molar-refractivity contribution in [2.75, 3.05) is 5.32 Å². The summed E-state index contributed by atoms with van der Waals surface area (Å²) in [6.45, 7) is 0.572. The predicted octanol–water partition coefficient (Wildman–Crippen LogP) is 5.01. The highest BCUT2D eigenvalue weighted by Crippen LogP contribution is 2.65.